The number of hydrogen-bond donors (Lipinski definition) is 3. The fourth-order valence-corrected chi connectivity index (χ4v) is 3.68. The van der Waals surface area contributed by atoms with Gasteiger partial charge in [0.1, 0.15) is 11.4 Å². The number of benzene rings is 4. The van der Waals surface area contributed by atoms with Gasteiger partial charge in [-0.2, -0.15) is 13.5 Å². The van der Waals surface area contributed by atoms with Crippen LogP contribution < -0.4 is 0 Å². The number of carboxylic acid groups (broad SMARTS) is 1. The molecule has 4 aromatic carbocycles. The van der Waals surface area contributed by atoms with Crippen molar-refractivity contribution in [2.24, 2.45) is 10.2 Å². The average Bonchev–Trinajstić information content (AvgIpc) is 2.71. The molecule has 0 radical (unpaired) electrons. The fraction of sp³-hybridized carbons (Fsp3) is 0. The minimum absolute atomic E-state index is 0.0394. The molecule has 0 unspecified atom stereocenters. The molecule has 8 nitrogen and oxygen atoms in total. The maximum atomic E-state index is 11.4. The number of aromatic hydroxyl groups is 1. The lowest BCUT2D eigenvalue weighted by molar-refractivity contribution is 0.0698. The standard InChI is InChI=1S/C21H14N2O6S/c24-19-11-18(21(25)26)16-3-1-2-4-17(16)20(19)23-22-14-7-5-13-10-15(30(27,28)29)8-6-12(13)9-14/h1-11,24H,(H,25,26)(H,27,28,29). The summed E-state index contributed by atoms with van der Waals surface area (Å²) in [5.41, 5.74) is 0.535. The van der Waals surface area contributed by atoms with E-state index in [2.05, 4.69) is 10.2 Å². The van der Waals surface area contributed by atoms with Gasteiger partial charge >= 0.3 is 5.97 Å². The Morgan fingerprint density at radius 2 is 1.50 bits per heavy atom. The van der Waals surface area contributed by atoms with Crippen LogP contribution in [0.2, 0.25) is 0 Å². The molecule has 0 aliphatic rings. The number of nitrogens with zero attached hydrogens (tertiary/aromatic N) is 2. The summed E-state index contributed by atoms with van der Waals surface area (Å²) < 4.78 is 31.7. The van der Waals surface area contributed by atoms with Crippen LogP contribution in [0.1, 0.15) is 10.4 Å². The van der Waals surface area contributed by atoms with Crippen molar-refractivity contribution in [3.05, 3.63) is 72.3 Å². The van der Waals surface area contributed by atoms with Gasteiger partial charge < -0.3 is 10.2 Å². The van der Waals surface area contributed by atoms with Gasteiger partial charge in [0, 0.05) is 5.39 Å². The molecule has 0 aliphatic carbocycles. The van der Waals surface area contributed by atoms with E-state index in [9.17, 15) is 23.4 Å². The molecule has 3 N–H and O–H groups in total. The Morgan fingerprint density at radius 3 is 2.20 bits per heavy atom. The molecule has 150 valence electrons. The normalized spacial score (nSPS) is 12.0. The Labute approximate surface area is 170 Å². The summed E-state index contributed by atoms with van der Waals surface area (Å²) in [6, 6.07) is 16.9. The molecule has 0 heterocycles. The Hall–Kier alpha value is -3.82. The van der Waals surface area contributed by atoms with E-state index in [0.29, 0.717) is 27.2 Å². The molecule has 0 saturated heterocycles. The summed E-state index contributed by atoms with van der Waals surface area (Å²) in [4.78, 5) is 11.2. The summed E-state index contributed by atoms with van der Waals surface area (Å²) in [5.74, 6) is -1.47. The average molecular weight is 422 g/mol. The number of fused-ring (bicyclic) bond motifs is 2. The van der Waals surface area contributed by atoms with E-state index >= 15 is 0 Å². The van der Waals surface area contributed by atoms with Crippen molar-refractivity contribution >= 4 is 49.0 Å². The highest BCUT2D eigenvalue weighted by molar-refractivity contribution is 7.85. The highest BCUT2D eigenvalue weighted by atomic mass is 32.2. The molecule has 4 aromatic rings. The minimum atomic E-state index is -4.30. The van der Waals surface area contributed by atoms with Crippen LogP contribution in [-0.4, -0.2) is 29.2 Å². The molecule has 0 fully saturated rings. The molecular weight excluding hydrogens is 408 g/mol. The molecule has 0 atom stereocenters. The van der Waals surface area contributed by atoms with Crippen LogP contribution in [0.25, 0.3) is 21.5 Å². The molecule has 9 heteroatoms. The zero-order valence-electron chi connectivity index (χ0n) is 15.2. The predicted octanol–water partition coefficient (Wildman–Crippen LogP) is 5.06. The van der Waals surface area contributed by atoms with E-state index in [-0.39, 0.29) is 21.9 Å². The van der Waals surface area contributed by atoms with Gasteiger partial charge in [0.25, 0.3) is 10.1 Å². The maximum Gasteiger partial charge on any atom is 0.336 e. The van der Waals surface area contributed by atoms with Crippen molar-refractivity contribution in [2.45, 2.75) is 4.90 Å². The van der Waals surface area contributed by atoms with E-state index in [1.807, 2.05) is 0 Å². The van der Waals surface area contributed by atoms with Crippen molar-refractivity contribution in [1.82, 2.24) is 0 Å². The minimum Gasteiger partial charge on any atom is -0.506 e. The summed E-state index contributed by atoms with van der Waals surface area (Å²) in [5, 5.41) is 30.0. The van der Waals surface area contributed by atoms with Crippen LogP contribution in [-0.2, 0) is 10.1 Å². The number of aromatic carboxylic acids is 1. The Bertz CT molecular complexity index is 1460. The van der Waals surface area contributed by atoms with E-state index in [4.69, 9.17) is 4.55 Å². The second-order valence-electron chi connectivity index (χ2n) is 6.51. The fourth-order valence-electron chi connectivity index (χ4n) is 3.17. The van der Waals surface area contributed by atoms with Gasteiger partial charge in [-0.25, -0.2) is 4.79 Å². The van der Waals surface area contributed by atoms with Crippen LogP contribution in [0.15, 0.2) is 81.9 Å². The Balaban J connectivity index is 1.78. The molecule has 0 saturated carbocycles. The summed E-state index contributed by atoms with van der Waals surface area (Å²) in [6.45, 7) is 0. The lowest BCUT2D eigenvalue weighted by atomic mass is 10.0. The predicted molar refractivity (Wildman–Crippen MR) is 111 cm³/mol. The number of hydrogen-bond acceptors (Lipinski definition) is 6. The quantitative estimate of drug-likeness (QED) is 0.311. The number of phenols is 1. The summed E-state index contributed by atoms with van der Waals surface area (Å²) in [7, 11) is -4.30. The van der Waals surface area contributed by atoms with E-state index < -0.39 is 16.1 Å². The van der Waals surface area contributed by atoms with Crippen molar-refractivity contribution in [3.63, 3.8) is 0 Å². The first-order chi connectivity index (χ1) is 14.2. The third-order valence-electron chi connectivity index (χ3n) is 4.59. The number of phenolic OH excluding ortho intramolecular Hbond substituents is 1. The largest absolute Gasteiger partial charge is 0.506 e. The van der Waals surface area contributed by atoms with E-state index in [1.54, 1.807) is 42.5 Å². The molecular formula is C21H14N2O6S. The zero-order valence-corrected chi connectivity index (χ0v) is 16.0. The van der Waals surface area contributed by atoms with Crippen LogP contribution in [0.5, 0.6) is 5.75 Å². The van der Waals surface area contributed by atoms with E-state index in [0.717, 1.165) is 6.07 Å². The first-order valence-corrected chi connectivity index (χ1v) is 10.1. The molecule has 0 spiro atoms. The van der Waals surface area contributed by atoms with Crippen LogP contribution in [0.4, 0.5) is 11.4 Å². The highest BCUT2D eigenvalue weighted by Gasteiger charge is 2.15. The molecule has 0 amide bonds. The monoisotopic (exact) mass is 422 g/mol. The van der Waals surface area contributed by atoms with Crippen molar-refractivity contribution in [1.29, 1.82) is 0 Å². The Morgan fingerprint density at radius 1 is 0.833 bits per heavy atom. The number of rotatable bonds is 4. The van der Waals surface area contributed by atoms with Crippen LogP contribution >= 0.6 is 0 Å². The lowest BCUT2D eigenvalue weighted by Gasteiger charge is -2.07. The Kier molecular flexibility index (Phi) is 4.69. The zero-order chi connectivity index (χ0) is 21.5. The first-order valence-electron chi connectivity index (χ1n) is 8.65. The van der Waals surface area contributed by atoms with Crippen LogP contribution in [0.3, 0.4) is 0 Å². The van der Waals surface area contributed by atoms with Gasteiger partial charge in [0.05, 0.1) is 16.1 Å². The molecule has 0 aromatic heterocycles. The highest BCUT2D eigenvalue weighted by Crippen LogP contribution is 2.38. The first kappa shape index (κ1) is 19.5. The second-order valence-corrected chi connectivity index (χ2v) is 7.93. The lowest BCUT2D eigenvalue weighted by Crippen LogP contribution is -1.97. The van der Waals surface area contributed by atoms with Crippen molar-refractivity contribution in [2.75, 3.05) is 0 Å². The third-order valence-corrected chi connectivity index (χ3v) is 5.43. The SMILES string of the molecule is O=C(O)c1cc(O)c(N=Nc2ccc3cc(S(=O)(=O)O)ccc3c2)c2ccccc12. The molecule has 30 heavy (non-hydrogen) atoms. The van der Waals surface area contributed by atoms with Crippen molar-refractivity contribution < 1.29 is 28.0 Å². The van der Waals surface area contributed by atoms with Crippen LogP contribution in [0, 0.1) is 0 Å². The topological polar surface area (TPSA) is 137 Å². The number of azo groups is 1. The van der Waals surface area contributed by atoms with E-state index in [1.165, 1.54) is 18.2 Å². The maximum absolute atomic E-state index is 11.4. The molecule has 4 rings (SSSR count). The molecule has 0 aliphatic heterocycles. The van der Waals surface area contributed by atoms with Gasteiger partial charge in [-0.15, -0.1) is 5.11 Å². The molecule has 0 bridgehead atoms. The summed E-state index contributed by atoms with van der Waals surface area (Å²) >= 11 is 0. The third kappa shape index (κ3) is 3.59. The number of carboxylic acids is 1. The van der Waals surface area contributed by atoms with Crippen molar-refractivity contribution in [3.8, 4) is 5.75 Å². The van der Waals surface area contributed by atoms with Gasteiger partial charge in [-0.1, -0.05) is 36.4 Å². The second kappa shape index (κ2) is 7.21. The van der Waals surface area contributed by atoms with Gasteiger partial charge in [-0.05, 0) is 46.5 Å². The number of carbonyl (C=O) groups is 1. The van der Waals surface area contributed by atoms with Gasteiger partial charge in [0.2, 0.25) is 0 Å². The smallest absolute Gasteiger partial charge is 0.336 e. The van der Waals surface area contributed by atoms with Gasteiger partial charge in [0.15, 0.2) is 0 Å². The van der Waals surface area contributed by atoms with Gasteiger partial charge in [-0.3, -0.25) is 4.55 Å². The summed E-state index contributed by atoms with van der Waals surface area (Å²) in [6.07, 6.45) is 0.